The zero-order valence-electron chi connectivity index (χ0n) is 12.8. The average Bonchev–Trinajstić information content (AvgIpc) is 3.16. The molecule has 0 aliphatic heterocycles. The van der Waals surface area contributed by atoms with E-state index < -0.39 is 0 Å². The third-order valence-corrected chi connectivity index (χ3v) is 4.27. The maximum absolute atomic E-state index is 12.0. The molecule has 4 heteroatoms. The average molecular weight is 333 g/mol. The van der Waals surface area contributed by atoms with E-state index in [0.717, 1.165) is 11.3 Å². The zero-order valence-corrected chi connectivity index (χ0v) is 13.6. The van der Waals surface area contributed by atoms with E-state index in [1.165, 1.54) is 11.3 Å². The number of amides is 1. The van der Waals surface area contributed by atoms with E-state index in [4.69, 9.17) is 0 Å². The molecule has 1 aromatic heterocycles. The molecule has 0 saturated carbocycles. The number of hydrogen-bond donors (Lipinski definition) is 1. The molecule has 0 aliphatic rings. The Hall–Kier alpha value is -2.98. The molecule has 1 amide bonds. The molecule has 0 atom stereocenters. The number of hydrogen-bond acceptors (Lipinski definition) is 3. The van der Waals surface area contributed by atoms with Crippen LogP contribution < -0.4 is 5.32 Å². The van der Waals surface area contributed by atoms with Crippen LogP contribution in [0.1, 0.15) is 25.6 Å². The van der Waals surface area contributed by atoms with Crippen LogP contribution in [-0.2, 0) is 0 Å². The molecule has 0 spiro atoms. The number of ketones is 1. The van der Waals surface area contributed by atoms with Crippen molar-refractivity contribution in [2.75, 3.05) is 5.32 Å². The SMILES string of the molecule is O=C(C=Cc1ccc(NC(=O)c2cccs2)cc1)c1ccccc1. The third-order valence-electron chi connectivity index (χ3n) is 3.40. The van der Waals surface area contributed by atoms with Gasteiger partial charge in [-0.2, -0.15) is 0 Å². The van der Waals surface area contributed by atoms with Gasteiger partial charge in [-0.1, -0.05) is 54.6 Å². The summed E-state index contributed by atoms with van der Waals surface area (Å²) in [6.07, 6.45) is 3.31. The number of thiophene rings is 1. The predicted molar refractivity (Wildman–Crippen MR) is 98.5 cm³/mol. The predicted octanol–water partition coefficient (Wildman–Crippen LogP) is 4.90. The van der Waals surface area contributed by atoms with Crippen LogP contribution >= 0.6 is 11.3 Å². The van der Waals surface area contributed by atoms with E-state index in [-0.39, 0.29) is 11.7 Å². The van der Waals surface area contributed by atoms with Gasteiger partial charge in [0.05, 0.1) is 4.88 Å². The molecule has 3 rings (SSSR count). The first-order valence-corrected chi connectivity index (χ1v) is 8.33. The lowest BCUT2D eigenvalue weighted by Gasteiger charge is -2.03. The Bertz CT molecular complexity index is 850. The lowest BCUT2D eigenvalue weighted by atomic mass is 10.1. The summed E-state index contributed by atoms with van der Waals surface area (Å²) in [6, 6.07) is 20.1. The number of anilines is 1. The van der Waals surface area contributed by atoms with E-state index in [0.29, 0.717) is 10.4 Å². The van der Waals surface area contributed by atoms with Crippen molar-refractivity contribution in [2.45, 2.75) is 0 Å². The fourth-order valence-electron chi connectivity index (χ4n) is 2.15. The largest absolute Gasteiger partial charge is 0.321 e. The molecule has 0 unspecified atom stereocenters. The Balaban J connectivity index is 1.63. The van der Waals surface area contributed by atoms with Crippen LogP contribution in [0.3, 0.4) is 0 Å². The second kappa shape index (κ2) is 7.53. The van der Waals surface area contributed by atoms with Gasteiger partial charge in [0.2, 0.25) is 0 Å². The summed E-state index contributed by atoms with van der Waals surface area (Å²) in [7, 11) is 0. The van der Waals surface area contributed by atoms with Gasteiger partial charge in [-0.3, -0.25) is 9.59 Å². The minimum Gasteiger partial charge on any atom is -0.321 e. The van der Waals surface area contributed by atoms with Gasteiger partial charge < -0.3 is 5.32 Å². The molecular formula is C20H15NO2S. The first kappa shape index (κ1) is 15.9. The Labute approximate surface area is 144 Å². The van der Waals surface area contributed by atoms with Crippen LogP contribution in [0, 0.1) is 0 Å². The topological polar surface area (TPSA) is 46.2 Å². The minimum atomic E-state index is -0.118. The fraction of sp³-hybridized carbons (Fsp3) is 0. The number of allylic oxidation sites excluding steroid dienone is 1. The zero-order chi connectivity index (χ0) is 16.8. The molecule has 0 fully saturated rings. The van der Waals surface area contributed by atoms with Crippen LogP contribution in [0.25, 0.3) is 6.08 Å². The van der Waals surface area contributed by atoms with Crippen molar-refractivity contribution < 1.29 is 9.59 Å². The van der Waals surface area contributed by atoms with E-state index in [1.54, 1.807) is 30.4 Å². The highest BCUT2D eigenvalue weighted by molar-refractivity contribution is 7.12. The first-order valence-electron chi connectivity index (χ1n) is 7.45. The normalized spacial score (nSPS) is 10.7. The second-order valence-electron chi connectivity index (χ2n) is 5.12. The molecule has 0 saturated heterocycles. The van der Waals surface area contributed by atoms with Gasteiger partial charge in [0.15, 0.2) is 5.78 Å². The number of nitrogens with one attached hydrogen (secondary N) is 1. The Morgan fingerprint density at radius 1 is 0.875 bits per heavy atom. The van der Waals surface area contributed by atoms with Gasteiger partial charge >= 0.3 is 0 Å². The molecule has 2 aromatic carbocycles. The van der Waals surface area contributed by atoms with Gasteiger partial charge in [0, 0.05) is 11.3 Å². The Morgan fingerprint density at radius 2 is 1.62 bits per heavy atom. The minimum absolute atomic E-state index is 0.0364. The van der Waals surface area contributed by atoms with Crippen molar-refractivity contribution in [3.05, 3.63) is 94.2 Å². The maximum Gasteiger partial charge on any atom is 0.265 e. The smallest absolute Gasteiger partial charge is 0.265 e. The van der Waals surface area contributed by atoms with Gasteiger partial charge in [-0.15, -0.1) is 11.3 Å². The molecular weight excluding hydrogens is 318 g/mol. The lowest BCUT2D eigenvalue weighted by Crippen LogP contribution is -2.09. The molecule has 118 valence electrons. The van der Waals surface area contributed by atoms with Crippen LogP contribution in [0.5, 0.6) is 0 Å². The standard InChI is InChI=1S/C20H15NO2S/c22-18(16-5-2-1-3-6-16)13-10-15-8-11-17(12-9-15)21-20(23)19-7-4-14-24-19/h1-14H,(H,21,23). The van der Waals surface area contributed by atoms with Crippen molar-refractivity contribution in [1.82, 2.24) is 0 Å². The number of rotatable bonds is 5. The molecule has 3 aromatic rings. The number of benzene rings is 2. The van der Waals surface area contributed by atoms with E-state index in [1.807, 2.05) is 53.9 Å². The molecule has 0 aliphatic carbocycles. The molecule has 3 nitrogen and oxygen atoms in total. The molecule has 24 heavy (non-hydrogen) atoms. The van der Waals surface area contributed by atoms with Crippen LogP contribution in [0.15, 0.2) is 78.2 Å². The first-order chi connectivity index (χ1) is 11.7. The monoisotopic (exact) mass is 333 g/mol. The Kier molecular flexibility index (Phi) is 4.99. The quantitative estimate of drug-likeness (QED) is 0.533. The Morgan fingerprint density at radius 3 is 2.29 bits per heavy atom. The second-order valence-corrected chi connectivity index (χ2v) is 6.06. The molecule has 0 bridgehead atoms. The van der Waals surface area contributed by atoms with Gasteiger partial charge in [-0.25, -0.2) is 0 Å². The van der Waals surface area contributed by atoms with Gasteiger partial charge in [0.1, 0.15) is 0 Å². The van der Waals surface area contributed by atoms with E-state index in [9.17, 15) is 9.59 Å². The summed E-state index contributed by atoms with van der Waals surface area (Å²) >= 11 is 1.40. The van der Waals surface area contributed by atoms with E-state index in [2.05, 4.69) is 5.32 Å². The van der Waals surface area contributed by atoms with Crippen molar-refractivity contribution >= 4 is 34.8 Å². The van der Waals surface area contributed by atoms with Gasteiger partial charge in [-0.05, 0) is 35.2 Å². The highest BCUT2D eigenvalue weighted by atomic mass is 32.1. The lowest BCUT2D eigenvalue weighted by molar-refractivity contribution is 0.102. The van der Waals surface area contributed by atoms with Crippen LogP contribution in [0.4, 0.5) is 5.69 Å². The summed E-state index contributed by atoms with van der Waals surface area (Å²) in [5.74, 6) is -0.154. The molecule has 1 N–H and O–H groups in total. The highest BCUT2D eigenvalue weighted by Crippen LogP contribution is 2.15. The van der Waals surface area contributed by atoms with Crippen molar-refractivity contribution in [2.24, 2.45) is 0 Å². The summed E-state index contributed by atoms with van der Waals surface area (Å²) in [5.41, 5.74) is 2.28. The molecule has 1 heterocycles. The molecule has 0 radical (unpaired) electrons. The van der Waals surface area contributed by atoms with Crippen LogP contribution in [-0.4, -0.2) is 11.7 Å². The van der Waals surface area contributed by atoms with E-state index >= 15 is 0 Å². The summed E-state index contributed by atoms with van der Waals surface area (Å²) in [4.78, 5) is 24.7. The fourth-order valence-corrected chi connectivity index (χ4v) is 2.77. The highest BCUT2D eigenvalue weighted by Gasteiger charge is 2.06. The number of carbonyl (C=O) groups is 2. The summed E-state index contributed by atoms with van der Waals surface area (Å²) in [6.45, 7) is 0. The van der Waals surface area contributed by atoms with Crippen molar-refractivity contribution in [3.8, 4) is 0 Å². The third kappa shape index (κ3) is 4.06. The van der Waals surface area contributed by atoms with Gasteiger partial charge in [0.25, 0.3) is 5.91 Å². The summed E-state index contributed by atoms with van der Waals surface area (Å²) in [5, 5.41) is 4.71. The number of carbonyl (C=O) groups excluding carboxylic acids is 2. The van der Waals surface area contributed by atoms with Crippen molar-refractivity contribution in [3.63, 3.8) is 0 Å². The van der Waals surface area contributed by atoms with Crippen molar-refractivity contribution in [1.29, 1.82) is 0 Å². The summed E-state index contributed by atoms with van der Waals surface area (Å²) < 4.78 is 0. The maximum atomic E-state index is 12.0. The van der Waals surface area contributed by atoms with Crippen LogP contribution in [0.2, 0.25) is 0 Å².